The lowest BCUT2D eigenvalue weighted by molar-refractivity contribution is -0.870. The van der Waals surface area contributed by atoms with E-state index in [1.165, 1.54) is 276 Å². The third-order valence-electron chi connectivity index (χ3n) is 18.8. The number of carbonyl (C=O) groups excluding carboxylic acids is 2. The molecule has 0 heterocycles. The average molecular weight is 1420 g/mol. The molecule has 100 heavy (non-hydrogen) atoms. The van der Waals surface area contributed by atoms with Crippen molar-refractivity contribution in [1.29, 1.82) is 0 Å². The molecule has 0 bridgehead atoms. The molecule has 0 radical (unpaired) electrons. The number of esters is 2. The second kappa shape index (κ2) is 79.8. The number of phosphoric ester groups is 1. The van der Waals surface area contributed by atoms with Crippen LogP contribution in [0.5, 0.6) is 0 Å². The van der Waals surface area contributed by atoms with Gasteiger partial charge in [-0.1, -0.05) is 393 Å². The number of hydrogen-bond donors (Lipinski definition) is 1. The summed E-state index contributed by atoms with van der Waals surface area (Å²) >= 11 is 0. The van der Waals surface area contributed by atoms with Crippen LogP contribution in [0.3, 0.4) is 0 Å². The summed E-state index contributed by atoms with van der Waals surface area (Å²) in [6.45, 7) is 4.37. The van der Waals surface area contributed by atoms with Crippen molar-refractivity contribution in [3.63, 3.8) is 0 Å². The van der Waals surface area contributed by atoms with Gasteiger partial charge in [-0.25, -0.2) is 4.57 Å². The minimum absolute atomic E-state index is 0.0295. The summed E-state index contributed by atoms with van der Waals surface area (Å²) in [6, 6.07) is 0. The Balaban J connectivity index is 3.93. The van der Waals surface area contributed by atoms with E-state index in [4.69, 9.17) is 18.5 Å². The molecule has 9 nitrogen and oxygen atoms in total. The topological polar surface area (TPSA) is 108 Å². The molecule has 2 unspecified atom stereocenters. The van der Waals surface area contributed by atoms with Gasteiger partial charge in [0.05, 0.1) is 27.7 Å². The van der Waals surface area contributed by atoms with Gasteiger partial charge in [0.2, 0.25) is 0 Å². The summed E-state index contributed by atoms with van der Waals surface area (Å²) in [5.41, 5.74) is 0. The van der Waals surface area contributed by atoms with Crippen LogP contribution in [0.4, 0.5) is 0 Å². The molecule has 0 aromatic carbocycles. The van der Waals surface area contributed by atoms with Crippen LogP contribution in [0.15, 0.2) is 109 Å². The van der Waals surface area contributed by atoms with Crippen molar-refractivity contribution in [2.45, 2.75) is 405 Å². The van der Waals surface area contributed by atoms with Gasteiger partial charge in [-0.15, -0.1) is 0 Å². The van der Waals surface area contributed by atoms with Crippen LogP contribution >= 0.6 is 7.82 Å². The van der Waals surface area contributed by atoms with Gasteiger partial charge in [0, 0.05) is 12.8 Å². The fourth-order valence-electron chi connectivity index (χ4n) is 12.3. The third-order valence-corrected chi connectivity index (χ3v) is 19.8. The first-order valence-electron chi connectivity index (χ1n) is 42.6. The highest BCUT2D eigenvalue weighted by molar-refractivity contribution is 7.47. The number of phosphoric acid groups is 1. The Bertz CT molecular complexity index is 2060. The van der Waals surface area contributed by atoms with Crippen LogP contribution in [0.2, 0.25) is 0 Å². The quantitative estimate of drug-likeness (QED) is 0.0211. The van der Waals surface area contributed by atoms with Gasteiger partial charge < -0.3 is 18.9 Å². The minimum Gasteiger partial charge on any atom is -0.462 e. The first-order valence-corrected chi connectivity index (χ1v) is 44.1. The summed E-state index contributed by atoms with van der Waals surface area (Å²) < 4.78 is 34.9. The fourth-order valence-corrected chi connectivity index (χ4v) is 13.1. The molecule has 1 N–H and O–H groups in total. The fraction of sp³-hybridized carbons (Fsp3) is 0.778. The zero-order valence-corrected chi connectivity index (χ0v) is 67.3. The maximum absolute atomic E-state index is 12.9. The highest BCUT2D eigenvalue weighted by Gasteiger charge is 2.27. The zero-order valence-electron chi connectivity index (χ0n) is 66.4. The van der Waals surface area contributed by atoms with E-state index in [2.05, 4.69) is 123 Å². The van der Waals surface area contributed by atoms with Gasteiger partial charge in [-0.2, -0.15) is 0 Å². The monoisotopic (exact) mass is 1420 g/mol. The number of rotatable bonds is 79. The van der Waals surface area contributed by atoms with Crippen molar-refractivity contribution in [3.05, 3.63) is 109 Å². The molecule has 0 spiro atoms. The molecule has 0 aliphatic rings. The van der Waals surface area contributed by atoms with Crippen molar-refractivity contribution in [3.8, 4) is 0 Å². The Morgan fingerprint density at radius 1 is 0.320 bits per heavy atom. The maximum Gasteiger partial charge on any atom is 0.472 e. The molecule has 580 valence electrons. The molecular formula is C90H163NO8P+. The Morgan fingerprint density at radius 2 is 0.570 bits per heavy atom. The van der Waals surface area contributed by atoms with E-state index in [-0.39, 0.29) is 32.0 Å². The van der Waals surface area contributed by atoms with Crippen molar-refractivity contribution in [1.82, 2.24) is 0 Å². The summed E-state index contributed by atoms with van der Waals surface area (Å²) in [5, 5.41) is 0. The Kier molecular flexibility index (Phi) is 77.1. The van der Waals surface area contributed by atoms with Crippen LogP contribution < -0.4 is 0 Å². The van der Waals surface area contributed by atoms with Gasteiger partial charge in [-0.3, -0.25) is 18.6 Å². The largest absolute Gasteiger partial charge is 0.472 e. The van der Waals surface area contributed by atoms with Crippen LogP contribution in [-0.2, 0) is 32.7 Å². The number of quaternary nitrogens is 1. The van der Waals surface area contributed by atoms with Crippen molar-refractivity contribution >= 4 is 19.8 Å². The molecule has 0 fully saturated rings. The number of hydrogen-bond acceptors (Lipinski definition) is 7. The first-order chi connectivity index (χ1) is 49.0. The molecule has 0 aliphatic heterocycles. The number of allylic oxidation sites excluding steroid dienone is 18. The second-order valence-electron chi connectivity index (χ2n) is 29.8. The number of carbonyl (C=O) groups is 2. The lowest BCUT2D eigenvalue weighted by Crippen LogP contribution is -2.37. The van der Waals surface area contributed by atoms with Crippen LogP contribution in [0.25, 0.3) is 0 Å². The van der Waals surface area contributed by atoms with Crippen molar-refractivity contribution in [2.75, 3.05) is 47.5 Å². The molecule has 0 saturated carbocycles. The van der Waals surface area contributed by atoms with E-state index in [9.17, 15) is 19.0 Å². The van der Waals surface area contributed by atoms with Gasteiger partial charge in [-0.05, 0) is 103 Å². The first kappa shape index (κ1) is 96.7. The van der Waals surface area contributed by atoms with Crippen molar-refractivity contribution < 1.29 is 42.1 Å². The molecule has 0 amide bonds. The van der Waals surface area contributed by atoms with Gasteiger partial charge in [0.15, 0.2) is 6.10 Å². The van der Waals surface area contributed by atoms with E-state index >= 15 is 0 Å². The van der Waals surface area contributed by atoms with Crippen molar-refractivity contribution in [2.24, 2.45) is 0 Å². The standard InChI is InChI=1S/C90H162NO8P/c1-6-8-10-12-14-16-18-20-22-24-26-28-30-32-34-36-38-40-42-44-45-47-48-50-52-54-56-58-60-62-64-66-68-70-72-74-76-78-80-82-89(92)96-86-88(87-98-100(94,95)97-85-84-91(3,4)5)99-90(93)83-81-79-77-75-73-71-69-67-65-63-61-59-57-55-53-51-49-46-43-41-39-37-35-33-31-29-27-25-23-21-19-17-15-13-11-9-7-2/h9,11,15,17,21,23-24,26-27,29,33,35,39,41,46,49,53,55,88H,6-8,10,12-14,16,18-20,22,25,28,30-32,34,36-38,40,42-45,47-48,50-52,54,56-87H2,1-5H3/p+1/b11-9-,17-15-,23-21-,26-24-,29-27-,35-33-,41-39-,49-46-,55-53-. The Labute approximate surface area is 620 Å². The SMILES string of the molecule is CC/C=C\C/C=C\C/C=C\C/C=C\C/C=C\C/C=C\C/C=C\C/C=C\CCCCCCCCCCCCCCC(=O)OC(COC(=O)CCCCCCCCCCCCCCCCCCCCCCCCCCCCC/C=C\CCCCCCCCCC)COP(=O)(O)OCC[N+](C)(C)C. The third kappa shape index (κ3) is 83.6. The van der Waals surface area contributed by atoms with E-state index in [0.717, 1.165) is 89.9 Å². The number of unbranched alkanes of at least 4 members (excludes halogenated alkanes) is 47. The number of nitrogens with zero attached hydrogens (tertiary/aromatic N) is 1. The summed E-state index contributed by atoms with van der Waals surface area (Å²) in [6.07, 6.45) is 114. The summed E-state index contributed by atoms with van der Waals surface area (Å²) in [7, 11) is 1.48. The van der Waals surface area contributed by atoms with Gasteiger partial charge in [0.25, 0.3) is 0 Å². The zero-order chi connectivity index (χ0) is 72.5. The Hall–Kier alpha value is -3.33. The molecular weight excluding hydrogens is 1250 g/mol. The van der Waals surface area contributed by atoms with Gasteiger partial charge in [0.1, 0.15) is 19.8 Å². The van der Waals surface area contributed by atoms with E-state index < -0.39 is 26.5 Å². The summed E-state index contributed by atoms with van der Waals surface area (Å²) in [5.74, 6) is -0.786. The number of ether oxygens (including phenoxy) is 2. The molecule has 0 aliphatic carbocycles. The van der Waals surface area contributed by atoms with E-state index in [1.54, 1.807) is 0 Å². The molecule has 0 aromatic heterocycles. The summed E-state index contributed by atoms with van der Waals surface area (Å²) in [4.78, 5) is 36.0. The predicted molar refractivity (Wildman–Crippen MR) is 436 cm³/mol. The highest BCUT2D eigenvalue weighted by atomic mass is 31.2. The maximum atomic E-state index is 12.9. The van der Waals surface area contributed by atoms with Crippen LogP contribution in [0.1, 0.15) is 399 Å². The lowest BCUT2D eigenvalue weighted by atomic mass is 10.0. The lowest BCUT2D eigenvalue weighted by Gasteiger charge is -2.24. The van der Waals surface area contributed by atoms with Crippen LogP contribution in [-0.4, -0.2) is 74.9 Å². The highest BCUT2D eigenvalue weighted by Crippen LogP contribution is 2.43. The molecule has 2 atom stereocenters. The predicted octanol–water partition coefficient (Wildman–Crippen LogP) is 28.7. The normalized spacial score (nSPS) is 13.5. The molecule has 0 rings (SSSR count). The smallest absolute Gasteiger partial charge is 0.462 e. The average Bonchev–Trinajstić information content (AvgIpc) is 1.02. The van der Waals surface area contributed by atoms with E-state index in [0.29, 0.717) is 17.4 Å². The Morgan fingerprint density at radius 3 is 0.860 bits per heavy atom. The van der Waals surface area contributed by atoms with Crippen LogP contribution in [0, 0.1) is 0 Å². The second-order valence-corrected chi connectivity index (χ2v) is 31.3. The number of likely N-dealkylation sites (N-methyl/N-ethyl adjacent to an activating group) is 1. The molecule has 10 heteroatoms. The minimum atomic E-state index is -4.40. The van der Waals surface area contributed by atoms with E-state index in [1.807, 2.05) is 21.1 Å². The molecule has 0 aromatic rings. The van der Waals surface area contributed by atoms with Gasteiger partial charge >= 0.3 is 19.8 Å². The molecule has 0 saturated heterocycles.